The molecule has 2 aliphatic heterocycles. The highest BCUT2D eigenvalue weighted by Crippen LogP contribution is 2.46. The van der Waals surface area contributed by atoms with Gasteiger partial charge in [0, 0.05) is 17.3 Å². The Morgan fingerprint density at radius 3 is 2.59 bits per heavy atom. The second kappa shape index (κ2) is 3.07. The first-order chi connectivity index (χ1) is 8.07. The van der Waals surface area contributed by atoms with Crippen LogP contribution in [-0.4, -0.2) is 17.7 Å². The molecule has 1 unspecified atom stereocenters. The Hall–Kier alpha value is -1.88. The SMILES string of the molecule is O=C1CC2(C(=O)N1)C(=O)N(Cl)c1ccccc12. The van der Waals surface area contributed by atoms with Crippen molar-refractivity contribution in [3.05, 3.63) is 29.8 Å². The van der Waals surface area contributed by atoms with Gasteiger partial charge in [0.2, 0.25) is 11.8 Å². The maximum atomic E-state index is 12.1. The summed E-state index contributed by atoms with van der Waals surface area (Å²) in [5.41, 5.74) is -0.512. The fourth-order valence-corrected chi connectivity index (χ4v) is 2.68. The van der Waals surface area contributed by atoms with Crippen molar-refractivity contribution in [2.24, 2.45) is 0 Å². The van der Waals surface area contributed by atoms with Gasteiger partial charge in [0.15, 0.2) is 5.41 Å². The summed E-state index contributed by atoms with van der Waals surface area (Å²) in [6.07, 6.45) is -0.176. The van der Waals surface area contributed by atoms with Crippen LogP contribution in [-0.2, 0) is 19.8 Å². The summed E-state index contributed by atoms with van der Waals surface area (Å²) in [6.45, 7) is 0. The number of carbonyl (C=O) groups is 3. The zero-order chi connectivity index (χ0) is 12.2. The maximum Gasteiger partial charge on any atom is 0.262 e. The van der Waals surface area contributed by atoms with Crippen LogP contribution in [0.1, 0.15) is 12.0 Å². The molecule has 6 heteroatoms. The van der Waals surface area contributed by atoms with Crippen molar-refractivity contribution in [3.63, 3.8) is 0 Å². The summed E-state index contributed by atoms with van der Waals surface area (Å²) in [7, 11) is 0. The van der Waals surface area contributed by atoms with Crippen molar-refractivity contribution in [1.29, 1.82) is 0 Å². The average molecular weight is 251 g/mol. The molecule has 3 rings (SSSR count). The van der Waals surface area contributed by atoms with Gasteiger partial charge in [-0.1, -0.05) is 18.2 Å². The Balaban J connectivity index is 2.29. The first-order valence-electron chi connectivity index (χ1n) is 5.01. The number of benzene rings is 1. The highest BCUT2D eigenvalue weighted by Gasteiger charge is 2.60. The second-order valence-electron chi connectivity index (χ2n) is 4.06. The third kappa shape index (κ3) is 1.07. The van der Waals surface area contributed by atoms with Gasteiger partial charge in [0.1, 0.15) is 0 Å². The molecule has 0 radical (unpaired) electrons. The molecule has 0 saturated carbocycles. The third-order valence-corrected chi connectivity index (χ3v) is 3.52. The predicted molar refractivity (Wildman–Crippen MR) is 59.2 cm³/mol. The fraction of sp³-hybridized carbons (Fsp3) is 0.182. The molecule has 86 valence electrons. The number of amides is 3. The lowest BCUT2D eigenvalue weighted by atomic mass is 9.80. The molecule has 1 atom stereocenters. The van der Waals surface area contributed by atoms with Gasteiger partial charge in [-0.2, -0.15) is 0 Å². The Kier molecular flexibility index (Phi) is 1.86. The van der Waals surface area contributed by atoms with Crippen LogP contribution in [0.3, 0.4) is 0 Å². The molecule has 0 aliphatic carbocycles. The second-order valence-corrected chi connectivity index (χ2v) is 4.40. The van der Waals surface area contributed by atoms with Crippen LogP contribution >= 0.6 is 11.8 Å². The lowest BCUT2D eigenvalue weighted by Gasteiger charge is -2.16. The Morgan fingerprint density at radius 2 is 1.94 bits per heavy atom. The smallest absolute Gasteiger partial charge is 0.262 e. The molecule has 1 aromatic rings. The highest BCUT2D eigenvalue weighted by molar-refractivity contribution is 6.44. The number of fused-ring (bicyclic) bond motifs is 2. The summed E-state index contributed by atoms with van der Waals surface area (Å²) in [5.74, 6) is -1.61. The largest absolute Gasteiger partial charge is 0.295 e. The molecular weight excluding hydrogens is 244 g/mol. The molecule has 17 heavy (non-hydrogen) atoms. The van der Waals surface area contributed by atoms with Gasteiger partial charge in [-0.25, -0.2) is 4.42 Å². The van der Waals surface area contributed by atoms with Gasteiger partial charge in [-0.3, -0.25) is 19.7 Å². The Bertz CT molecular complexity index is 572. The number of nitrogens with zero attached hydrogens (tertiary/aromatic N) is 1. The van der Waals surface area contributed by atoms with E-state index in [1.807, 2.05) is 0 Å². The van der Waals surface area contributed by atoms with E-state index in [-0.39, 0.29) is 6.42 Å². The number of hydrogen-bond donors (Lipinski definition) is 1. The summed E-state index contributed by atoms with van der Waals surface area (Å²) in [4.78, 5) is 35.3. The number of anilines is 1. The van der Waals surface area contributed by atoms with E-state index >= 15 is 0 Å². The van der Waals surface area contributed by atoms with Gasteiger partial charge >= 0.3 is 0 Å². The monoisotopic (exact) mass is 250 g/mol. The van der Waals surface area contributed by atoms with Crippen molar-refractivity contribution in [2.75, 3.05) is 4.42 Å². The summed E-state index contributed by atoms with van der Waals surface area (Å²) in [6, 6.07) is 6.72. The van der Waals surface area contributed by atoms with Gasteiger partial charge in [0.25, 0.3) is 5.91 Å². The number of imide groups is 1. The predicted octanol–water partition coefficient (Wildman–Crippen LogP) is 0.471. The normalized spacial score (nSPS) is 26.6. The van der Waals surface area contributed by atoms with E-state index in [0.29, 0.717) is 11.3 Å². The minimum Gasteiger partial charge on any atom is -0.295 e. The number of hydrogen-bond acceptors (Lipinski definition) is 3. The lowest BCUT2D eigenvalue weighted by molar-refractivity contribution is -0.132. The summed E-state index contributed by atoms with van der Waals surface area (Å²) in [5, 5.41) is 2.16. The van der Waals surface area contributed by atoms with Crippen molar-refractivity contribution < 1.29 is 14.4 Å². The highest BCUT2D eigenvalue weighted by atomic mass is 35.5. The summed E-state index contributed by atoms with van der Waals surface area (Å²) >= 11 is 5.87. The molecule has 3 amide bonds. The zero-order valence-electron chi connectivity index (χ0n) is 8.57. The quantitative estimate of drug-likeness (QED) is 0.414. The topological polar surface area (TPSA) is 66.5 Å². The first-order valence-corrected chi connectivity index (χ1v) is 5.35. The van der Waals surface area contributed by atoms with Crippen molar-refractivity contribution in [3.8, 4) is 0 Å². The minimum atomic E-state index is -1.46. The molecular formula is C11H7ClN2O3. The minimum absolute atomic E-state index is 0.176. The lowest BCUT2D eigenvalue weighted by Crippen LogP contribution is -2.43. The van der Waals surface area contributed by atoms with Crippen LogP contribution in [0.15, 0.2) is 24.3 Å². The third-order valence-electron chi connectivity index (χ3n) is 3.19. The van der Waals surface area contributed by atoms with Gasteiger partial charge in [-0.05, 0) is 6.07 Å². The average Bonchev–Trinajstić information content (AvgIpc) is 2.72. The van der Waals surface area contributed by atoms with Crippen LogP contribution in [0.5, 0.6) is 0 Å². The van der Waals surface area contributed by atoms with Crippen molar-refractivity contribution in [1.82, 2.24) is 5.32 Å². The molecule has 2 heterocycles. The molecule has 2 aliphatic rings. The van der Waals surface area contributed by atoms with Crippen LogP contribution in [0.25, 0.3) is 0 Å². The standard InChI is InChI=1S/C11H7ClN2O3/c12-14-7-4-2-1-3-6(7)11(10(14)17)5-8(15)13-9(11)16/h1-4H,5H2,(H,13,15,16). The van der Waals surface area contributed by atoms with Gasteiger partial charge < -0.3 is 0 Å². The van der Waals surface area contributed by atoms with E-state index in [4.69, 9.17) is 11.8 Å². The van der Waals surface area contributed by atoms with Gasteiger partial charge in [0.05, 0.1) is 12.1 Å². The molecule has 5 nitrogen and oxygen atoms in total. The van der Waals surface area contributed by atoms with Crippen molar-refractivity contribution in [2.45, 2.75) is 11.8 Å². The molecule has 1 aromatic carbocycles. The van der Waals surface area contributed by atoms with Crippen LogP contribution in [0, 0.1) is 0 Å². The molecule has 1 spiro atoms. The first kappa shape index (κ1) is 10.3. The molecule has 0 bridgehead atoms. The molecule has 0 aromatic heterocycles. The van der Waals surface area contributed by atoms with Crippen LogP contribution < -0.4 is 9.74 Å². The Labute approximate surface area is 101 Å². The van der Waals surface area contributed by atoms with Gasteiger partial charge in [-0.15, -0.1) is 0 Å². The number of rotatable bonds is 0. The number of para-hydroxylation sites is 1. The Morgan fingerprint density at radius 1 is 1.24 bits per heavy atom. The number of nitrogens with one attached hydrogen (secondary N) is 1. The maximum absolute atomic E-state index is 12.1. The van der Waals surface area contributed by atoms with E-state index in [0.717, 1.165) is 4.42 Å². The van der Waals surface area contributed by atoms with E-state index in [2.05, 4.69) is 5.32 Å². The fourth-order valence-electron chi connectivity index (χ4n) is 2.39. The summed E-state index contributed by atoms with van der Waals surface area (Å²) < 4.78 is 0.910. The van der Waals surface area contributed by atoms with E-state index in [1.54, 1.807) is 24.3 Å². The molecule has 1 fully saturated rings. The van der Waals surface area contributed by atoms with Crippen LogP contribution in [0.4, 0.5) is 5.69 Å². The molecule has 1 N–H and O–H groups in total. The van der Waals surface area contributed by atoms with E-state index < -0.39 is 23.1 Å². The number of halogens is 1. The zero-order valence-corrected chi connectivity index (χ0v) is 9.32. The molecule has 1 saturated heterocycles. The van der Waals surface area contributed by atoms with Crippen LogP contribution in [0.2, 0.25) is 0 Å². The van der Waals surface area contributed by atoms with E-state index in [1.165, 1.54) is 0 Å². The van der Waals surface area contributed by atoms with E-state index in [9.17, 15) is 14.4 Å². The van der Waals surface area contributed by atoms with Crippen molar-refractivity contribution >= 4 is 35.2 Å². The number of carbonyl (C=O) groups excluding carboxylic acids is 3.